The van der Waals surface area contributed by atoms with E-state index in [-0.39, 0.29) is 41.4 Å². The van der Waals surface area contributed by atoms with Crippen molar-refractivity contribution in [1.82, 2.24) is 9.47 Å². The van der Waals surface area contributed by atoms with Gasteiger partial charge < -0.3 is 45.7 Å². The van der Waals surface area contributed by atoms with Crippen molar-refractivity contribution in [2.24, 2.45) is 5.92 Å². The number of esters is 1. The van der Waals surface area contributed by atoms with Crippen LogP contribution < -0.4 is 35.9 Å². The smallest absolute Gasteiger partial charge is 0.313 e. The van der Waals surface area contributed by atoms with Crippen LogP contribution in [0, 0.1) is 19.8 Å². The summed E-state index contributed by atoms with van der Waals surface area (Å²) in [5, 5.41) is 1.02. The first-order valence-electron chi connectivity index (χ1n) is 17.3. The van der Waals surface area contributed by atoms with Crippen molar-refractivity contribution in [2.45, 2.75) is 60.6 Å². The highest BCUT2D eigenvalue weighted by Crippen LogP contribution is 2.36. The first kappa shape index (κ1) is 39.6. The number of rotatable bonds is 11. The zero-order valence-electron chi connectivity index (χ0n) is 30.2. The number of aryl methyl sites for hydroxylation is 2. The summed E-state index contributed by atoms with van der Waals surface area (Å²) < 4.78 is 28.8. The van der Waals surface area contributed by atoms with Gasteiger partial charge in [0.2, 0.25) is 17.4 Å². The molecule has 278 valence electrons. The second kappa shape index (κ2) is 17.5. The van der Waals surface area contributed by atoms with Gasteiger partial charge in [0, 0.05) is 38.1 Å². The molecule has 0 atom stereocenters. The number of piperazine rings is 1. The van der Waals surface area contributed by atoms with Crippen LogP contribution in [0.5, 0.6) is 11.5 Å². The van der Waals surface area contributed by atoms with Crippen molar-refractivity contribution in [3.63, 3.8) is 0 Å². The van der Waals surface area contributed by atoms with Gasteiger partial charge in [0.25, 0.3) is 5.82 Å². The molecule has 2 saturated heterocycles. The van der Waals surface area contributed by atoms with Crippen LogP contribution in [0.4, 0.5) is 5.82 Å². The Kier molecular flexibility index (Phi) is 13.3. The lowest BCUT2D eigenvalue weighted by atomic mass is 10.0. The number of amides is 1. The molecule has 3 heterocycles. The Balaban J connectivity index is 0.00000523. The number of ether oxygens (including phenoxy) is 4. The van der Waals surface area contributed by atoms with Crippen molar-refractivity contribution >= 4 is 40.9 Å². The summed E-state index contributed by atoms with van der Waals surface area (Å²) in [4.78, 5) is 29.1. The lowest BCUT2D eigenvalue weighted by Crippen LogP contribution is -3.00. The Labute approximate surface area is 325 Å². The van der Waals surface area contributed by atoms with E-state index >= 15 is 0 Å². The molecule has 0 radical (unpaired) electrons. The molecule has 1 aromatic heterocycles. The van der Waals surface area contributed by atoms with Gasteiger partial charge in [0.1, 0.15) is 24.6 Å². The number of carbonyl (C=O) groups excluding carboxylic acids is 2. The molecule has 52 heavy (non-hydrogen) atoms. The van der Waals surface area contributed by atoms with Crippen LogP contribution in [0.2, 0.25) is 10.0 Å². The van der Waals surface area contributed by atoms with Crippen LogP contribution in [-0.2, 0) is 38.8 Å². The summed E-state index contributed by atoms with van der Waals surface area (Å²) in [5.74, 6) is 2.62. The minimum absolute atomic E-state index is 0. The van der Waals surface area contributed by atoms with Gasteiger partial charge in [-0.05, 0) is 73.0 Å². The van der Waals surface area contributed by atoms with E-state index in [1.807, 2.05) is 75.1 Å². The summed E-state index contributed by atoms with van der Waals surface area (Å²) >= 11 is 13.5. The topological polar surface area (TPSA) is 86.4 Å². The molecule has 0 bridgehead atoms. The van der Waals surface area contributed by atoms with E-state index in [9.17, 15) is 9.59 Å². The molecule has 3 aromatic carbocycles. The molecular weight excluding hydrogens is 771 g/mol. The first-order valence-corrected chi connectivity index (χ1v) is 18.1. The minimum atomic E-state index is -0.477. The number of halogens is 3. The number of carbonyl (C=O) groups is 2. The highest BCUT2D eigenvalue weighted by molar-refractivity contribution is 6.36. The molecule has 13 heteroatoms. The van der Waals surface area contributed by atoms with Gasteiger partial charge in [-0.15, -0.1) is 0 Å². The molecule has 0 unspecified atom stereocenters. The summed E-state index contributed by atoms with van der Waals surface area (Å²) in [7, 11) is 0. The van der Waals surface area contributed by atoms with E-state index in [1.165, 1.54) is 0 Å². The van der Waals surface area contributed by atoms with Gasteiger partial charge in [-0.3, -0.25) is 9.59 Å². The Hall–Kier alpha value is -3.61. The maximum absolute atomic E-state index is 12.6. The molecule has 0 N–H and O–H groups in total. The van der Waals surface area contributed by atoms with Crippen LogP contribution in [-0.4, -0.2) is 67.0 Å². The normalized spacial score (nSPS) is 14.8. The third-order valence-electron chi connectivity index (χ3n) is 9.22. The fourth-order valence-corrected chi connectivity index (χ4v) is 7.20. The predicted octanol–water partition coefficient (Wildman–Crippen LogP) is 3.60. The van der Waals surface area contributed by atoms with Crippen LogP contribution >= 0.6 is 23.2 Å². The van der Waals surface area contributed by atoms with Gasteiger partial charge >= 0.3 is 5.97 Å². The number of aromatic nitrogens is 2. The van der Waals surface area contributed by atoms with E-state index in [0.717, 1.165) is 45.3 Å². The average molecular weight is 817 g/mol. The third kappa shape index (κ3) is 8.94. The average Bonchev–Trinajstić information content (AvgIpc) is 3.72. The molecule has 10 nitrogen and oxygen atoms in total. The van der Waals surface area contributed by atoms with Crippen molar-refractivity contribution in [3.8, 4) is 22.9 Å². The van der Waals surface area contributed by atoms with Gasteiger partial charge in [-0.2, -0.15) is 0 Å². The van der Waals surface area contributed by atoms with E-state index in [2.05, 4.69) is 26.2 Å². The molecule has 2 aliphatic heterocycles. The second-order valence-electron chi connectivity index (χ2n) is 13.3. The molecule has 0 aliphatic carbocycles. The molecule has 4 aromatic rings. The quantitative estimate of drug-likeness (QED) is 0.130. The van der Waals surface area contributed by atoms with Crippen LogP contribution in [0.15, 0.2) is 60.7 Å². The van der Waals surface area contributed by atoms with Crippen molar-refractivity contribution in [2.75, 3.05) is 44.3 Å². The lowest BCUT2D eigenvalue weighted by molar-refractivity contribution is -0.685. The molecular formula is C39H45BrCl2N4O6. The lowest BCUT2D eigenvalue weighted by Gasteiger charge is -2.34. The largest absolute Gasteiger partial charge is 1.00 e. The van der Waals surface area contributed by atoms with Crippen LogP contribution in [0.1, 0.15) is 43.2 Å². The zero-order chi connectivity index (χ0) is 36.2. The van der Waals surface area contributed by atoms with Gasteiger partial charge in [-0.25, -0.2) is 9.13 Å². The van der Waals surface area contributed by atoms with E-state index in [1.54, 1.807) is 13.0 Å². The SMILES string of the molecule is CC(=O)N1CCN(c2c(COc3ccccc3)[n+](Cc3cc(C)c(OC(=O)C(C)C)c(C)c3)c(-c3ccc(Cl)cc3Cl)n2CC2OCCO2)CC1.[Br-]. The first-order chi connectivity index (χ1) is 24.5. The van der Waals surface area contributed by atoms with E-state index in [4.69, 9.17) is 42.1 Å². The number of anilines is 1. The Morgan fingerprint density at radius 1 is 0.942 bits per heavy atom. The molecule has 1 amide bonds. The number of hydrogen-bond acceptors (Lipinski definition) is 7. The number of hydrogen-bond donors (Lipinski definition) is 0. The minimum Gasteiger partial charge on any atom is -1.00 e. The van der Waals surface area contributed by atoms with E-state index in [0.29, 0.717) is 68.3 Å². The van der Waals surface area contributed by atoms with Crippen LogP contribution in [0.25, 0.3) is 11.4 Å². The van der Waals surface area contributed by atoms with Crippen LogP contribution in [0.3, 0.4) is 0 Å². The highest BCUT2D eigenvalue weighted by atomic mass is 79.9. The second-order valence-corrected chi connectivity index (χ2v) is 14.2. The van der Waals surface area contributed by atoms with Crippen molar-refractivity contribution in [3.05, 3.63) is 93.1 Å². The maximum Gasteiger partial charge on any atom is 0.313 e. The standard InChI is InChI=1S/C39H45Cl2N4O6.BrH/c1-25(2)39(47)51-36-26(3)19-29(20-27(36)4)22-44-34(24-50-31-9-7-6-8-10-31)38(43-15-13-42(14-16-43)28(5)46)45(23-35-48-17-18-49-35)37(44)32-12-11-30(40)21-33(32)41;/h6-12,19-21,25,35H,13-18,22-24H2,1-5H3;1H/q+1;/p-1. The number of para-hydroxylation sites is 1. The number of nitrogens with zero attached hydrogens (tertiary/aromatic N) is 4. The van der Waals surface area contributed by atoms with Gasteiger partial charge in [0.05, 0.1) is 29.7 Å². The van der Waals surface area contributed by atoms with E-state index < -0.39 is 6.29 Å². The Bertz CT molecular complexity index is 1870. The third-order valence-corrected chi connectivity index (χ3v) is 9.77. The maximum atomic E-state index is 12.6. The fraction of sp³-hybridized carbons (Fsp3) is 0.410. The molecule has 6 rings (SSSR count). The summed E-state index contributed by atoms with van der Waals surface area (Å²) in [5.41, 5.74) is 4.43. The zero-order valence-corrected chi connectivity index (χ0v) is 33.3. The summed E-state index contributed by atoms with van der Waals surface area (Å²) in [6.45, 7) is 13.7. The monoisotopic (exact) mass is 814 g/mol. The van der Waals surface area contributed by atoms with Gasteiger partial charge in [0.15, 0.2) is 12.9 Å². The molecule has 0 saturated carbocycles. The van der Waals surface area contributed by atoms with Gasteiger partial charge in [-0.1, -0.05) is 55.2 Å². The number of imidazole rings is 1. The van der Waals surface area contributed by atoms with Crippen molar-refractivity contribution in [1.29, 1.82) is 0 Å². The van der Waals surface area contributed by atoms with Crippen molar-refractivity contribution < 1.29 is 50.1 Å². The Morgan fingerprint density at radius 2 is 1.60 bits per heavy atom. The molecule has 2 aliphatic rings. The summed E-state index contributed by atoms with van der Waals surface area (Å²) in [6, 6.07) is 19.4. The molecule has 2 fully saturated rings. The Morgan fingerprint density at radius 3 is 2.19 bits per heavy atom. The fourth-order valence-electron chi connectivity index (χ4n) is 6.71. The number of benzene rings is 3. The summed E-state index contributed by atoms with van der Waals surface area (Å²) in [6.07, 6.45) is -0.477. The highest BCUT2D eigenvalue weighted by Gasteiger charge is 2.39. The molecule has 0 spiro atoms. The predicted molar refractivity (Wildman–Crippen MR) is 197 cm³/mol.